The molecule has 4 heteroatoms. The lowest BCUT2D eigenvalue weighted by molar-refractivity contribution is -0.122. The standard InChI is InChI=1S/C17H22N2O2/c1-17(19,16(18)20)11-4-5-12-21-15-10-6-8-13-7-2-3-9-14(13)15/h2-3,6-10H,4-5,11-12,19H2,1H3,(H2,18,20). The SMILES string of the molecule is CC(N)(CCCCOc1cccc2ccccc12)C(N)=O. The van der Waals surface area contributed by atoms with Crippen molar-refractivity contribution in [3.63, 3.8) is 0 Å². The zero-order valence-electron chi connectivity index (χ0n) is 12.3. The first-order valence-electron chi connectivity index (χ1n) is 7.20. The van der Waals surface area contributed by atoms with E-state index in [1.54, 1.807) is 6.92 Å². The van der Waals surface area contributed by atoms with E-state index in [1.807, 2.05) is 24.3 Å². The maximum Gasteiger partial charge on any atom is 0.237 e. The van der Waals surface area contributed by atoms with Crippen LogP contribution < -0.4 is 16.2 Å². The van der Waals surface area contributed by atoms with Gasteiger partial charge in [0.1, 0.15) is 5.75 Å². The maximum atomic E-state index is 11.1. The molecule has 1 atom stereocenters. The molecule has 0 saturated carbocycles. The van der Waals surface area contributed by atoms with Crippen molar-refractivity contribution >= 4 is 16.7 Å². The zero-order chi connectivity index (χ0) is 15.3. The van der Waals surface area contributed by atoms with E-state index in [0.29, 0.717) is 13.0 Å². The van der Waals surface area contributed by atoms with Crippen LogP contribution in [0.3, 0.4) is 0 Å². The summed E-state index contributed by atoms with van der Waals surface area (Å²) in [6.07, 6.45) is 2.21. The van der Waals surface area contributed by atoms with Crippen LogP contribution in [-0.4, -0.2) is 18.1 Å². The molecule has 0 aliphatic rings. The quantitative estimate of drug-likeness (QED) is 0.768. The zero-order valence-corrected chi connectivity index (χ0v) is 12.3. The van der Waals surface area contributed by atoms with Crippen LogP contribution in [0.1, 0.15) is 26.2 Å². The molecule has 0 aliphatic heterocycles. The molecular formula is C17H22N2O2. The van der Waals surface area contributed by atoms with E-state index in [-0.39, 0.29) is 0 Å². The van der Waals surface area contributed by atoms with E-state index in [4.69, 9.17) is 16.2 Å². The van der Waals surface area contributed by atoms with E-state index in [2.05, 4.69) is 18.2 Å². The Bertz CT molecular complexity index is 618. The molecule has 1 amide bonds. The lowest BCUT2D eigenvalue weighted by atomic mass is 9.96. The molecule has 0 aliphatic carbocycles. The molecule has 4 N–H and O–H groups in total. The van der Waals surface area contributed by atoms with Gasteiger partial charge in [-0.2, -0.15) is 0 Å². The average Bonchev–Trinajstić information content (AvgIpc) is 2.47. The number of hydrogen-bond donors (Lipinski definition) is 2. The molecule has 0 radical (unpaired) electrons. The van der Waals surface area contributed by atoms with Crippen molar-refractivity contribution in [1.82, 2.24) is 0 Å². The molecule has 0 fully saturated rings. The number of primary amides is 1. The number of carbonyl (C=O) groups excluding carboxylic acids is 1. The average molecular weight is 286 g/mol. The fourth-order valence-electron chi connectivity index (χ4n) is 2.22. The lowest BCUT2D eigenvalue weighted by Gasteiger charge is -2.20. The highest BCUT2D eigenvalue weighted by atomic mass is 16.5. The molecule has 2 aromatic carbocycles. The Morgan fingerprint density at radius 2 is 1.86 bits per heavy atom. The van der Waals surface area contributed by atoms with Gasteiger partial charge in [-0.3, -0.25) is 4.79 Å². The summed E-state index contributed by atoms with van der Waals surface area (Å²) >= 11 is 0. The van der Waals surface area contributed by atoms with Gasteiger partial charge in [-0.05, 0) is 37.6 Å². The molecule has 0 saturated heterocycles. The third kappa shape index (κ3) is 3.95. The van der Waals surface area contributed by atoms with Crippen LogP contribution in [0.2, 0.25) is 0 Å². The fraction of sp³-hybridized carbons (Fsp3) is 0.353. The van der Waals surface area contributed by atoms with Crippen molar-refractivity contribution in [2.24, 2.45) is 11.5 Å². The summed E-state index contributed by atoms with van der Waals surface area (Å²) in [6.45, 7) is 2.27. The molecule has 4 nitrogen and oxygen atoms in total. The van der Waals surface area contributed by atoms with Gasteiger partial charge in [0, 0.05) is 5.39 Å². The molecule has 112 valence electrons. The minimum Gasteiger partial charge on any atom is -0.493 e. The largest absolute Gasteiger partial charge is 0.493 e. The van der Waals surface area contributed by atoms with Crippen LogP contribution in [0, 0.1) is 0 Å². The van der Waals surface area contributed by atoms with E-state index in [1.165, 1.54) is 5.39 Å². The van der Waals surface area contributed by atoms with Crippen molar-refractivity contribution < 1.29 is 9.53 Å². The number of ether oxygens (including phenoxy) is 1. The Kier molecular flexibility index (Phi) is 4.81. The molecule has 0 heterocycles. The molecule has 2 rings (SSSR count). The van der Waals surface area contributed by atoms with E-state index in [0.717, 1.165) is 24.0 Å². The number of benzene rings is 2. The molecule has 21 heavy (non-hydrogen) atoms. The number of nitrogens with two attached hydrogens (primary N) is 2. The molecular weight excluding hydrogens is 264 g/mol. The highest BCUT2D eigenvalue weighted by Crippen LogP contribution is 2.25. The summed E-state index contributed by atoms with van der Waals surface area (Å²) in [4.78, 5) is 11.1. The number of amides is 1. The number of hydrogen-bond acceptors (Lipinski definition) is 3. The van der Waals surface area contributed by atoms with Gasteiger partial charge in [0.05, 0.1) is 12.1 Å². The van der Waals surface area contributed by atoms with Crippen LogP contribution in [0.4, 0.5) is 0 Å². The monoisotopic (exact) mass is 286 g/mol. The van der Waals surface area contributed by atoms with E-state index < -0.39 is 11.4 Å². The van der Waals surface area contributed by atoms with Crippen molar-refractivity contribution in [2.45, 2.75) is 31.7 Å². The minimum atomic E-state index is -0.931. The molecule has 0 bridgehead atoms. The summed E-state index contributed by atoms with van der Waals surface area (Å²) in [5.74, 6) is 0.427. The maximum absolute atomic E-state index is 11.1. The number of unbranched alkanes of at least 4 members (excludes halogenated alkanes) is 1. The summed E-state index contributed by atoms with van der Waals surface area (Å²) < 4.78 is 5.84. The second-order valence-corrected chi connectivity index (χ2v) is 5.56. The van der Waals surface area contributed by atoms with Gasteiger partial charge in [-0.15, -0.1) is 0 Å². The molecule has 2 aromatic rings. The smallest absolute Gasteiger partial charge is 0.237 e. The third-order valence-electron chi connectivity index (χ3n) is 3.66. The second kappa shape index (κ2) is 6.59. The minimum absolute atomic E-state index is 0.461. The van der Waals surface area contributed by atoms with Gasteiger partial charge in [0.2, 0.25) is 5.91 Å². The van der Waals surface area contributed by atoms with Gasteiger partial charge < -0.3 is 16.2 Å². The Hall–Kier alpha value is -2.07. The Morgan fingerprint density at radius 1 is 1.14 bits per heavy atom. The Balaban J connectivity index is 1.85. The summed E-state index contributed by atoms with van der Waals surface area (Å²) in [6, 6.07) is 14.2. The summed E-state index contributed by atoms with van der Waals surface area (Å²) in [5, 5.41) is 2.28. The normalized spacial score (nSPS) is 13.8. The van der Waals surface area contributed by atoms with Crippen molar-refractivity contribution in [2.75, 3.05) is 6.61 Å². The highest BCUT2D eigenvalue weighted by Gasteiger charge is 2.24. The fourth-order valence-corrected chi connectivity index (χ4v) is 2.22. The Morgan fingerprint density at radius 3 is 2.62 bits per heavy atom. The highest BCUT2D eigenvalue weighted by molar-refractivity contribution is 5.88. The van der Waals surface area contributed by atoms with Gasteiger partial charge in [0.25, 0.3) is 0 Å². The van der Waals surface area contributed by atoms with Gasteiger partial charge in [-0.25, -0.2) is 0 Å². The van der Waals surface area contributed by atoms with Gasteiger partial charge in [0.15, 0.2) is 0 Å². The number of fused-ring (bicyclic) bond motifs is 1. The van der Waals surface area contributed by atoms with E-state index >= 15 is 0 Å². The predicted octanol–water partition coefficient (Wildman–Crippen LogP) is 2.59. The summed E-state index contributed by atoms with van der Waals surface area (Å²) in [5.41, 5.74) is 10.1. The van der Waals surface area contributed by atoms with Crippen LogP contribution in [0.15, 0.2) is 42.5 Å². The third-order valence-corrected chi connectivity index (χ3v) is 3.66. The number of carbonyl (C=O) groups is 1. The topological polar surface area (TPSA) is 78.3 Å². The number of rotatable bonds is 7. The first kappa shape index (κ1) is 15.3. The van der Waals surface area contributed by atoms with Crippen LogP contribution in [0.5, 0.6) is 5.75 Å². The second-order valence-electron chi connectivity index (χ2n) is 5.56. The van der Waals surface area contributed by atoms with Gasteiger partial charge in [-0.1, -0.05) is 36.4 Å². The lowest BCUT2D eigenvalue weighted by Crippen LogP contribution is -2.49. The molecule has 1 unspecified atom stereocenters. The van der Waals surface area contributed by atoms with Crippen molar-refractivity contribution in [3.8, 4) is 5.75 Å². The van der Waals surface area contributed by atoms with E-state index in [9.17, 15) is 4.79 Å². The van der Waals surface area contributed by atoms with Crippen molar-refractivity contribution in [1.29, 1.82) is 0 Å². The van der Waals surface area contributed by atoms with Crippen LogP contribution >= 0.6 is 0 Å². The Labute approximate surface area is 125 Å². The van der Waals surface area contributed by atoms with Gasteiger partial charge >= 0.3 is 0 Å². The first-order chi connectivity index (χ1) is 10.0. The summed E-state index contributed by atoms with van der Waals surface area (Å²) in [7, 11) is 0. The van der Waals surface area contributed by atoms with Crippen LogP contribution in [0.25, 0.3) is 10.8 Å². The van der Waals surface area contributed by atoms with Crippen molar-refractivity contribution in [3.05, 3.63) is 42.5 Å². The predicted molar refractivity (Wildman–Crippen MR) is 85.1 cm³/mol. The first-order valence-corrected chi connectivity index (χ1v) is 7.20. The van der Waals surface area contributed by atoms with Crippen LogP contribution in [-0.2, 0) is 4.79 Å². The molecule has 0 spiro atoms. The molecule has 0 aromatic heterocycles.